The average molecular weight is 277 g/mol. The van der Waals surface area contributed by atoms with Crippen LogP contribution in [0.3, 0.4) is 0 Å². The Hall–Kier alpha value is -0.570. The normalized spacial score (nSPS) is 17.0. The second-order valence-corrected chi connectivity index (χ2v) is 2.84. The zero-order chi connectivity index (χ0) is 13.2. The van der Waals surface area contributed by atoms with Gasteiger partial charge in [0.25, 0.3) is 0 Å². The van der Waals surface area contributed by atoms with Crippen LogP contribution in [0.15, 0.2) is 0 Å². The van der Waals surface area contributed by atoms with Gasteiger partial charge in [-0.05, 0) is 0 Å². The molecule has 0 radical (unpaired) electrons. The number of carbonyl (C=O) groups is 1. The molecule has 0 aliphatic heterocycles. The predicted octanol–water partition coefficient (Wildman–Crippen LogP) is 2.60. The molecule has 0 N–H and O–H groups in total. The zero-order valence-electron chi connectivity index (χ0n) is 7.25. The molecule has 0 fully saturated rings. The van der Waals surface area contributed by atoms with E-state index in [2.05, 4.69) is 4.74 Å². The molecule has 0 aliphatic carbocycles. The lowest BCUT2D eigenvalue weighted by atomic mass is 10.2. The number of hydrogen-bond donors (Lipinski definition) is 0. The van der Waals surface area contributed by atoms with Gasteiger partial charge in [0.1, 0.15) is 0 Å². The summed E-state index contributed by atoms with van der Waals surface area (Å²) in [6, 6.07) is 0. The second-order valence-electron chi connectivity index (χ2n) is 2.46. The van der Waals surface area contributed by atoms with Crippen LogP contribution >= 0.6 is 11.6 Å². The van der Waals surface area contributed by atoms with Crippen molar-refractivity contribution in [3.8, 4) is 0 Å². The highest BCUT2D eigenvalue weighted by Gasteiger charge is 2.70. The number of hydrogen-bond acceptors (Lipinski definition) is 2. The number of ether oxygens (including phenoxy) is 1. The summed E-state index contributed by atoms with van der Waals surface area (Å²) in [6.45, 7) is -1.20. The first-order chi connectivity index (χ1) is 6.97. The van der Waals surface area contributed by atoms with Crippen molar-refractivity contribution in [3.63, 3.8) is 0 Å². The van der Waals surface area contributed by atoms with E-state index in [1.165, 1.54) is 0 Å². The van der Waals surface area contributed by atoms with Crippen LogP contribution in [0.25, 0.3) is 0 Å². The Morgan fingerprint density at radius 1 is 1.06 bits per heavy atom. The molecular weight excluding hydrogens is 273 g/mol. The molecule has 0 heterocycles. The van der Waals surface area contributed by atoms with Crippen molar-refractivity contribution in [1.82, 2.24) is 0 Å². The minimum atomic E-state index is -6.13. The SMILES string of the molecule is O=C(C(F)(F)F)C(F)(OCCCl)C(F)(F)F. The molecule has 1 unspecified atom stereocenters. The van der Waals surface area contributed by atoms with Crippen LogP contribution in [0.2, 0.25) is 0 Å². The number of ketones is 1. The number of rotatable bonds is 4. The molecule has 10 heteroatoms. The van der Waals surface area contributed by atoms with Crippen LogP contribution in [0.5, 0.6) is 0 Å². The van der Waals surface area contributed by atoms with Crippen molar-refractivity contribution in [2.75, 3.05) is 12.5 Å². The first-order valence-electron chi connectivity index (χ1n) is 3.54. The van der Waals surface area contributed by atoms with Crippen molar-refractivity contribution in [2.45, 2.75) is 18.2 Å². The van der Waals surface area contributed by atoms with E-state index in [1.807, 2.05) is 0 Å². The summed E-state index contributed by atoms with van der Waals surface area (Å²) in [5.74, 6) is -9.79. The second kappa shape index (κ2) is 4.74. The third kappa shape index (κ3) is 3.21. The van der Waals surface area contributed by atoms with Gasteiger partial charge >= 0.3 is 24.0 Å². The molecule has 16 heavy (non-hydrogen) atoms. The highest BCUT2D eigenvalue weighted by molar-refractivity contribution is 6.18. The summed E-state index contributed by atoms with van der Waals surface area (Å²) in [6.07, 6.45) is -12.1. The Labute approximate surface area is 89.3 Å². The van der Waals surface area contributed by atoms with Crippen molar-refractivity contribution >= 4 is 17.4 Å². The largest absolute Gasteiger partial charge is 0.456 e. The fourth-order valence-corrected chi connectivity index (χ4v) is 0.715. The van der Waals surface area contributed by atoms with E-state index in [4.69, 9.17) is 11.6 Å². The van der Waals surface area contributed by atoms with Crippen molar-refractivity contribution < 1.29 is 40.3 Å². The van der Waals surface area contributed by atoms with E-state index in [-0.39, 0.29) is 0 Å². The van der Waals surface area contributed by atoms with Gasteiger partial charge in [-0.1, -0.05) is 0 Å². The molecule has 0 aromatic rings. The number of halogens is 8. The number of alkyl halides is 8. The summed E-state index contributed by atoms with van der Waals surface area (Å²) in [4.78, 5) is 10.3. The Balaban J connectivity index is 5.17. The van der Waals surface area contributed by atoms with Gasteiger partial charge in [-0.3, -0.25) is 4.79 Å². The standard InChI is InChI=1S/C6H4ClF7O2/c7-1-2-16-4(8,6(12,13)14)3(15)5(9,10)11/h1-2H2. The van der Waals surface area contributed by atoms with Crippen LogP contribution in [0.4, 0.5) is 30.7 Å². The molecule has 0 aliphatic rings. The predicted molar refractivity (Wildman–Crippen MR) is 37.6 cm³/mol. The number of Topliss-reactive ketones (excluding diaryl/α,β-unsaturated/α-hetero) is 1. The molecule has 0 saturated carbocycles. The fourth-order valence-electron chi connectivity index (χ4n) is 0.638. The van der Waals surface area contributed by atoms with E-state index in [0.29, 0.717) is 0 Å². The summed E-state index contributed by atoms with van der Waals surface area (Å²) < 4.78 is 87.1. The van der Waals surface area contributed by atoms with Gasteiger partial charge in [0.2, 0.25) is 0 Å². The first kappa shape index (κ1) is 15.4. The molecule has 96 valence electrons. The average Bonchev–Trinajstić information content (AvgIpc) is 2.09. The van der Waals surface area contributed by atoms with Crippen LogP contribution in [-0.4, -0.2) is 36.5 Å². The van der Waals surface area contributed by atoms with Gasteiger partial charge in [0, 0.05) is 5.88 Å². The maximum atomic E-state index is 12.9. The molecule has 0 rings (SSSR count). The molecule has 0 aromatic carbocycles. The Bertz CT molecular complexity index is 261. The van der Waals surface area contributed by atoms with Crippen molar-refractivity contribution in [3.05, 3.63) is 0 Å². The lowest BCUT2D eigenvalue weighted by Gasteiger charge is -2.26. The molecule has 0 bridgehead atoms. The van der Waals surface area contributed by atoms with Crippen LogP contribution in [-0.2, 0) is 9.53 Å². The van der Waals surface area contributed by atoms with E-state index < -0.39 is 36.5 Å². The van der Waals surface area contributed by atoms with Crippen molar-refractivity contribution in [2.24, 2.45) is 0 Å². The molecule has 1 atom stereocenters. The van der Waals surface area contributed by atoms with Gasteiger partial charge in [-0.15, -0.1) is 11.6 Å². The minimum absolute atomic E-state index is 0.702. The Kier molecular flexibility index (Phi) is 4.57. The molecular formula is C6H4ClF7O2. The minimum Gasteiger partial charge on any atom is -0.332 e. The zero-order valence-corrected chi connectivity index (χ0v) is 8.01. The van der Waals surface area contributed by atoms with E-state index in [0.717, 1.165) is 0 Å². The molecule has 0 amide bonds. The van der Waals surface area contributed by atoms with Gasteiger partial charge in [0.15, 0.2) is 0 Å². The molecule has 0 spiro atoms. The topological polar surface area (TPSA) is 26.3 Å². The maximum Gasteiger partial charge on any atom is 0.456 e. The summed E-state index contributed by atoms with van der Waals surface area (Å²) in [7, 11) is 0. The van der Waals surface area contributed by atoms with Gasteiger partial charge in [-0.2, -0.15) is 30.7 Å². The highest BCUT2D eigenvalue weighted by Crippen LogP contribution is 2.40. The summed E-state index contributed by atoms with van der Waals surface area (Å²) >= 11 is 4.83. The molecule has 2 nitrogen and oxygen atoms in total. The fraction of sp³-hybridized carbons (Fsp3) is 0.833. The Morgan fingerprint density at radius 3 is 1.75 bits per heavy atom. The highest BCUT2D eigenvalue weighted by atomic mass is 35.5. The first-order valence-corrected chi connectivity index (χ1v) is 4.07. The summed E-state index contributed by atoms with van der Waals surface area (Å²) in [5.41, 5.74) is 0. The van der Waals surface area contributed by atoms with Crippen LogP contribution in [0, 0.1) is 0 Å². The van der Waals surface area contributed by atoms with Crippen LogP contribution in [0.1, 0.15) is 0 Å². The van der Waals surface area contributed by atoms with Gasteiger partial charge < -0.3 is 4.74 Å². The van der Waals surface area contributed by atoms with Gasteiger partial charge in [0.05, 0.1) is 6.61 Å². The Morgan fingerprint density at radius 2 is 1.50 bits per heavy atom. The van der Waals surface area contributed by atoms with Gasteiger partial charge in [-0.25, -0.2) is 0 Å². The van der Waals surface area contributed by atoms with E-state index >= 15 is 0 Å². The molecule has 0 aromatic heterocycles. The van der Waals surface area contributed by atoms with E-state index in [1.54, 1.807) is 0 Å². The quantitative estimate of drug-likeness (QED) is 0.583. The van der Waals surface area contributed by atoms with Crippen molar-refractivity contribution in [1.29, 1.82) is 0 Å². The lowest BCUT2D eigenvalue weighted by molar-refractivity contribution is -0.324. The third-order valence-electron chi connectivity index (χ3n) is 1.29. The van der Waals surface area contributed by atoms with E-state index in [9.17, 15) is 35.5 Å². The maximum absolute atomic E-state index is 12.9. The third-order valence-corrected chi connectivity index (χ3v) is 1.45. The monoisotopic (exact) mass is 276 g/mol. The molecule has 0 saturated heterocycles. The smallest absolute Gasteiger partial charge is 0.332 e. The van der Waals surface area contributed by atoms with Crippen LogP contribution < -0.4 is 0 Å². The summed E-state index contributed by atoms with van der Waals surface area (Å²) in [5, 5.41) is 0. The number of carbonyl (C=O) groups excluding carboxylic acids is 1. The lowest BCUT2D eigenvalue weighted by Crippen LogP contribution is -2.55.